The predicted molar refractivity (Wildman–Crippen MR) is 101 cm³/mol. The van der Waals surface area contributed by atoms with Crippen molar-refractivity contribution in [3.8, 4) is 0 Å². The van der Waals surface area contributed by atoms with E-state index in [4.69, 9.17) is 0 Å². The number of likely N-dealkylation sites (tertiary alicyclic amines) is 1. The maximum absolute atomic E-state index is 12.5. The van der Waals surface area contributed by atoms with Crippen molar-refractivity contribution in [1.29, 1.82) is 0 Å². The van der Waals surface area contributed by atoms with Gasteiger partial charge in [0.15, 0.2) is 0 Å². The summed E-state index contributed by atoms with van der Waals surface area (Å²) in [5.74, 6) is 0.416. The number of nitrogens with one attached hydrogen (secondary N) is 2. The van der Waals surface area contributed by atoms with Gasteiger partial charge in [-0.1, -0.05) is 20.8 Å². The molecule has 0 aliphatic carbocycles. The number of rotatable bonds is 7. The minimum absolute atomic E-state index is 0.0129. The van der Waals surface area contributed by atoms with Crippen LogP contribution in [0, 0.1) is 6.92 Å². The Hall–Kier alpha value is -1.47. The third-order valence-electron chi connectivity index (χ3n) is 4.38. The van der Waals surface area contributed by atoms with Gasteiger partial charge in [0.25, 0.3) is 5.91 Å². The summed E-state index contributed by atoms with van der Waals surface area (Å²) in [6, 6.07) is 0.173. The highest BCUT2D eigenvalue weighted by Gasteiger charge is 2.24. The van der Waals surface area contributed by atoms with Gasteiger partial charge in [-0.15, -0.1) is 11.3 Å². The Morgan fingerprint density at radius 3 is 2.56 bits per heavy atom. The summed E-state index contributed by atoms with van der Waals surface area (Å²) in [6.45, 7) is 11.0. The smallest absolute Gasteiger partial charge is 0.263 e. The maximum atomic E-state index is 12.5. The molecule has 0 spiro atoms. The molecule has 2 heterocycles. The first kappa shape index (κ1) is 19.8. The van der Waals surface area contributed by atoms with Crippen molar-refractivity contribution >= 4 is 23.2 Å². The average molecular weight is 367 g/mol. The first-order valence-corrected chi connectivity index (χ1v) is 9.99. The molecule has 6 nitrogen and oxygen atoms in total. The molecule has 1 saturated heterocycles. The van der Waals surface area contributed by atoms with E-state index in [0.717, 1.165) is 54.5 Å². The lowest BCUT2D eigenvalue weighted by Gasteiger charge is -2.31. The number of aromatic nitrogens is 1. The zero-order valence-electron chi connectivity index (χ0n) is 15.7. The fraction of sp³-hybridized carbons (Fsp3) is 0.722. The van der Waals surface area contributed by atoms with Crippen LogP contribution in [0.4, 0.5) is 0 Å². The van der Waals surface area contributed by atoms with Crippen LogP contribution in [0.3, 0.4) is 0 Å². The van der Waals surface area contributed by atoms with Gasteiger partial charge in [-0.3, -0.25) is 14.5 Å². The highest BCUT2D eigenvalue weighted by atomic mass is 32.1. The Morgan fingerprint density at radius 2 is 2.00 bits per heavy atom. The van der Waals surface area contributed by atoms with Gasteiger partial charge in [-0.2, -0.15) is 0 Å². The molecule has 0 unspecified atom stereocenters. The van der Waals surface area contributed by atoms with E-state index in [2.05, 4.69) is 34.4 Å². The summed E-state index contributed by atoms with van der Waals surface area (Å²) in [4.78, 5) is 31.7. The number of piperidine rings is 1. The number of carbonyl (C=O) groups is 2. The highest BCUT2D eigenvalue weighted by Crippen LogP contribution is 2.24. The Kier molecular flexibility index (Phi) is 7.38. The van der Waals surface area contributed by atoms with E-state index in [0.29, 0.717) is 12.5 Å². The topological polar surface area (TPSA) is 74.3 Å². The van der Waals surface area contributed by atoms with Crippen LogP contribution in [0.5, 0.6) is 0 Å². The van der Waals surface area contributed by atoms with E-state index in [9.17, 15) is 9.59 Å². The number of aryl methyl sites for hydroxylation is 1. The second-order valence-corrected chi connectivity index (χ2v) is 8.03. The molecular weight excluding hydrogens is 336 g/mol. The zero-order valence-corrected chi connectivity index (χ0v) is 16.5. The first-order valence-electron chi connectivity index (χ1n) is 9.18. The Labute approximate surface area is 154 Å². The number of amides is 2. The van der Waals surface area contributed by atoms with Gasteiger partial charge in [-0.25, -0.2) is 4.98 Å². The van der Waals surface area contributed by atoms with Crippen molar-refractivity contribution in [1.82, 2.24) is 20.5 Å². The molecule has 1 aromatic rings. The Morgan fingerprint density at radius 1 is 1.32 bits per heavy atom. The molecule has 0 radical (unpaired) electrons. The summed E-state index contributed by atoms with van der Waals surface area (Å²) < 4.78 is 0. The van der Waals surface area contributed by atoms with Crippen molar-refractivity contribution in [3.63, 3.8) is 0 Å². The Bertz CT molecular complexity index is 592. The largest absolute Gasteiger partial charge is 0.355 e. The summed E-state index contributed by atoms with van der Waals surface area (Å²) in [5.41, 5.74) is 0.816. The molecule has 1 fully saturated rings. The lowest BCUT2D eigenvalue weighted by Crippen LogP contribution is -2.47. The molecule has 7 heteroatoms. The Balaban J connectivity index is 1.80. The van der Waals surface area contributed by atoms with Gasteiger partial charge >= 0.3 is 0 Å². The summed E-state index contributed by atoms with van der Waals surface area (Å²) in [6.07, 6.45) is 2.71. The normalized spacial score (nSPS) is 16.2. The second kappa shape index (κ2) is 9.29. The molecule has 1 aliphatic heterocycles. The molecule has 0 saturated carbocycles. The van der Waals surface area contributed by atoms with Crippen LogP contribution < -0.4 is 10.6 Å². The van der Waals surface area contributed by atoms with Crippen molar-refractivity contribution in [3.05, 3.63) is 15.6 Å². The third-order valence-corrected chi connectivity index (χ3v) is 5.83. The van der Waals surface area contributed by atoms with E-state index in [1.54, 1.807) is 0 Å². The van der Waals surface area contributed by atoms with Gasteiger partial charge in [0.05, 0.1) is 17.2 Å². The van der Waals surface area contributed by atoms with Crippen LogP contribution in [0.1, 0.15) is 66.3 Å². The van der Waals surface area contributed by atoms with Crippen LogP contribution in [-0.4, -0.2) is 53.9 Å². The SMILES string of the molecule is CCCNC(=O)CN1CCC(NC(=O)c2sc(C(C)C)nc2C)CC1. The third kappa shape index (κ3) is 5.78. The molecule has 1 aliphatic rings. The molecule has 0 atom stereocenters. The zero-order chi connectivity index (χ0) is 18.4. The number of nitrogens with zero attached hydrogens (tertiary/aromatic N) is 2. The molecule has 0 bridgehead atoms. The van der Waals surface area contributed by atoms with Crippen molar-refractivity contribution in [2.24, 2.45) is 0 Å². The number of carbonyl (C=O) groups excluding carboxylic acids is 2. The summed E-state index contributed by atoms with van der Waals surface area (Å²) >= 11 is 1.49. The van der Waals surface area contributed by atoms with E-state index >= 15 is 0 Å². The highest BCUT2D eigenvalue weighted by molar-refractivity contribution is 7.13. The molecule has 2 rings (SSSR count). The van der Waals surface area contributed by atoms with Crippen molar-refractivity contribution < 1.29 is 9.59 Å². The fourth-order valence-electron chi connectivity index (χ4n) is 2.88. The van der Waals surface area contributed by atoms with Crippen molar-refractivity contribution in [2.75, 3.05) is 26.2 Å². The summed E-state index contributed by atoms with van der Waals surface area (Å²) in [7, 11) is 0. The molecule has 2 amide bonds. The lowest BCUT2D eigenvalue weighted by atomic mass is 10.0. The maximum Gasteiger partial charge on any atom is 0.263 e. The van der Waals surface area contributed by atoms with Crippen LogP contribution in [0.2, 0.25) is 0 Å². The minimum atomic E-state index is -0.0129. The second-order valence-electron chi connectivity index (χ2n) is 7.00. The standard InChI is InChI=1S/C18H30N4O2S/c1-5-8-19-15(23)11-22-9-6-14(7-10-22)21-17(24)16-13(4)20-18(25-16)12(2)3/h12,14H,5-11H2,1-4H3,(H,19,23)(H,21,24). The molecule has 25 heavy (non-hydrogen) atoms. The molecule has 140 valence electrons. The quantitative estimate of drug-likeness (QED) is 0.776. The minimum Gasteiger partial charge on any atom is -0.355 e. The van der Waals surface area contributed by atoms with Crippen LogP contribution in [0.25, 0.3) is 0 Å². The predicted octanol–water partition coefficient (Wildman–Crippen LogP) is 2.30. The monoisotopic (exact) mass is 366 g/mol. The molecular formula is C18H30N4O2S. The van der Waals surface area contributed by atoms with E-state index in [1.807, 2.05) is 13.8 Å². The van der Waals surface area contributed by atoms with Crippen molar-refractivity contribution in [2.45, 2.75) is 58.9 Å². The van der Waals surface area contributed by atoms with E-state index in [-0.39, 0.29) is 17.9 Å². The van der Waals surface area contributed by atoms with Gasteiger partial charge in [0, 0.05) is 31.6 Å². The lowest BCUT2D eigenvalue weighted by molar-refractivity contribution is -0.122. The van der Waals surface area contributed by atoms with Gasteiger partial charge < -0.3 is 10.6 Å². The molecule has 2 N–H and O–H groups in total. The molecule has 0 aromatic carbocycles. The first-order chi connectivity index (χ1) is 11.9. The van der Waals surface area contributed by atoms with E-state index in [1.165, 1.54) is 11.3 Å². The van der Waals surface area contributed by atoms with Gasteiger partial charge in [-0.05, 0) is 26.2 Å². The fourth-order valence-corrected chi connectivity index (χ4v) is 3.86. The van der Waals surface area contributed by atoms with Crippen LogP contribution in [-0.2, 0) is 4.79 Å². The van der Waals surface area contributed by atoms with Gasteiger partial charge in [0.2, 0.25) is 5.91 Å². The number of thiazole rings is 1. The average Bonchev–Trinajstić information content (AvgIpc) is 2.97. The van der Waals surface area contributed by atoms with E-state index < -0.39 is 0 Å². The van der Waals surface area contributed by atoms with Crippen LogP contribution >= 0.6 is 11.3 Å². The number of hydrogen-bond donors (Lipinski definition) is 2. The number of hydrogen-bond acceptors (Lipinski definition) is 5. The summed E-state index contributed by atoms with van der Waals surface area (Å²) in [5, 5.41) is 7.06. The van der Waals surface area contributed by atoms with Gasteiger partial charge in [0.1, 0.15) is 4.88 Å². The molecule has 1 aromatic heterocycles. The van der Waals surface area contributed by atoms with Crippen LogP contribution in [0.15, 0.2) is 0 Å².